The minimum Gasteiger partial charge on any atom is -0.339 e. The lowest BCUT2D eigenvalue weighted by Crippen LogP contribution is -2.15. The summed E-state index contributed by atoms with van der Waals surface area (Å²) in [5, 5.41) is 6.86. The summed E-state index contributed by atoms with van der Waals surface area (Å²) < 4.78 is 20.1. The zero-order valence-corrected chi connectivity index (χ0v) is 15.0. The molecule has 0 radical (unpaired) electrons. The van der Waals surface area contributed by atoms with Gasteiger partial charge in [0.1, 0.15) is 17.5 Å². The number of halogens is 1. The number of benzene rings is 1. The van der Waals surface area contributed by atoms with Crippen molar-refractivity contribution >= 4 is 17.2 Å². The number of carbonyl (C=O) groups excluding carboxylic acids is 1. The topological polar surface area (TPSA) is 85.3 Å². The summed E-state index contributed by atoms with van der Waals surface area (Å²) >= 11 is 0. The van der Waals surface area contributed by atoms with Crippen LogP contribution in [0.3, 0.4) is 0 Å². The van der Waals surface area contributed by atoms with Gasteiger partial charge in [-0.3, -0.25) is 9.20 Å². The summed E-state index contributed by atoms with van der Waals surface area (Å²) in [4.78, 5) is 21.3. The Hall–Kier alpha value is -3.55. The van der Waals surface area contributed by atoms with Crippen molar-refractivity contribution in [1.29, 1.82) is 0 Å². The number of nitrogens with one attached hydrogen (secondary N) is 1. The van der Waals surface area contributed by atoms with Gasteiger partial charge < -0.3 is 9.84 Å². The number of imidazole rings is 1. The molecule has 1 fully saturated rings. The second-order valence-corrected chi connectivity index (χ2v) is 6.87. The molecule has 2 atom stereocenters. The molecule has 1 aliphatic rings. The molecule has 0 spiro atoms. The van der Waals surface area contributed by atoms with Crippen molar-refractivity contribution < 1.29 is 13.7 Å². The van der Waals surface area contributed by atoms with Crippen LogP contribution in [0.5, 0.6) is 0 Å². The van der Waals surface area contributed by atoms with Crippen LogP contribution in [0.15, 0.2) is 53.3 Å². The summed E-state index contributed by atoms with van der Waals surface area (Å²) in [6, 6.07) is 11.0. The molecule has 1 aromatic carbocycles. The highest BCUT2D eigenvalue weighted by Gasteiger charge is 2.43. The number of carbonyl (C=O) groups is 1. The molecule has 3 aromatic heterocycles. The highest BCUT2D eigenvalue weighted by molar-refractivity contribution is 6.04. The number of alkyl halides is 1. The Balaban J connectivity index is 1.43. The van der Waals surface area contributed by atoms with E-state index in [1.807, 2.05) is 37.3 Å². The fourth-order valence-electron chi connectivity index (χ4n) is 3.11. The molecule has 3 heterocycles. The van der Waals surface area contributed by atoms with E-state index >= 15 is 0 Å². The predicted octanol–water partition coefficient (Wildman–Crippen LogP) is 3.77. The number of anilines is 1. The van der Waals surface area contributed by atoms with E-state index in [2.05, 4.69) is 20.4 Å². The Morgan fingerprint density at radius 3 is 3.00 bits per heavy atom. The van der Waals surface area contributed by atoms with Gasteiger partial charge in [0, 0.05) is 17.4 Å². The average molecular weight is 377 g/mol. The van der Waals surface area contributed by atoms with Crippen molar-refractivity contribution in [3.8, 4) is 11.4 Å². The van der Waals surface area contributed by atoms with Crippen LogP contribution < -0.4 is 5.32 Å². The molecule has 0 unspecified atom stereocenters. The molecule has 1 saturated carbocycles. The lowest BCUT2D eigenvalue weighted by Gasteiger charge is -2.09. The highest BCUT2D eigenvalue weighted by Crippen LogP contribution is 2.43. The number of aromatic nitrogens is 4. The Morgan fingerprint density at radius 2 is 2.18 bits per heavy atom. The summed E-state index contributed by atoms with van der Waals surface area (Å²) in [5.74, 6) is 0.130. The van der Waals surface area contributed by atoms with Gasteiger partial charge in [-0.25, -0.2) is 9.37 Å². The van der Waals surface area contributed by atoms with E-state index in [9.17, 15) is 9.18 Å². The molecule has 1 amide bonds. The Morgan fingerprint density at radius 1 is 1.32 bits per heavy atom. The first-order valence-electron chi connectivity index (χ1n) is 8.92. The number of amides is 1. The van der Waals surface area contributed by atoms with E-state index < -0.39 is 6.17 Å². The van der Waals surface area contributed by atoms with Crippen LogP contribution in [0.1, 0.15) is 34.3 Å². The zero-order chi connectivity index (χ0) is 19.3. The first-order valence-corrected chi connectivity index (χ1v) is 8.92. The number of hydrogen-bond donors (Lipinski definition) is 1. The van der Waals surface area contributed by atoms with Crippen molar-refractivity contribution in [2.75, 3.05) is 5.32 Å². The second-order valence-electron chi connectivity index (χ2n) is 6.87. The van der Waals surface area contributed by atoms with Gasteiger partial charge in [0.05, 0.1) is 12.1 Å². The van der Waals surface area contributed by atoms with E-state index in [0.29, 0.717) is 40.7 Å². The van der Waals surface area contributed by atoms with Crippen molar-refractivity contribution in [3.05, 3.63) is 65.9 Å². The van der Waals surface area contributed by atoms with Gasteiger partial charge in [-0.2, -0.15) is 4.98 Å². The van der Waals surface area contributed by atoms with Crippen molar-refractivity contribution in [2.45, 2.75) is 25.4 Å². The molecule has 0 aliphatic heterocycles. The van der Waals surface area contributed by atoms with Gasteiger partial charge in [-0.05, 0) is 37.1 Å². The van der Waals surface area contributed by atoms with Gasteiger partial charge in [0.25, 0.3) is 5.91 Å². The monoisotopic (exact) mass is 377 g/mol. The highest BCUT2D eigenvalue weighted by atomic mass is 19.1. The maximum Gasteiger partial charge on any atom is 0.274 e. The predicted molar refractivity (Wildman–Crippen MR) is 99.9 cm³/mol. The van der Waals surface area contributed by atoms with Crippen molar-refractivity contribution in [3.63, 3.8) is 0 Å². The second kappa shape index (κ2) is 6.26. The summed E-state index contributed by atoms with van der Waals surface area (Å²) in [6.45, 7) is 1.90. The standard InChI is InChI=1S/C20H16FN5O2/c1-11-5-6-12(18-24-20(28-25-18)13-9-14(13)21)8-15(11)23-19(27)16-10-22-17-4-2-3-7-26(16)17/h2-8,10,13-14H,9H2,1H3,(H,23,27)/t13-,14+/m0/s1. The van der Waals surface area contributed by atoms with Crippen molar-refractivity contribution in [1.82, 2.24) is 19.5 Å². The van der Waals surface area contributed by atoms with Crippen LogP contribution in [0.2, 0.25) is 0 Å². The maximum atomic E-state index is 13.2. The molecule has 5 rings (SSSR count). The summed E-state index contributed by atoms with van der Waals surface area (Å²) in [7, 11) is 0. The lowest BCUT2D eigenvalue weighted by atomic mass is 10.1. The molecule has 7 nitrogen and oxygen atoms in total. The largest absolute Gasteiger partial charge is 0.339 e. The third kappa shape index (κ3) is 2.83. The molecular formula is C20H16FN5O2. The van der Waals surface area contributed by atoms with E-state index in [1.165, 1.54) is 0 Å². The van der Waals surface area contributed by atoms with Gasteiger partial charge in [0.2, 0.25) is 11.7 Å². The summed E-state index contributed by atoms with van der Waals surface area (Å²) in [6.07, 6.45) is 2.86. The molecule has 28 heavy (non-hydrogen) atoms. The Kier molecular flexibility index (Phi) is 3.71. The third-order valence-corrected chi connectivity index (χ3v) is 4.87. The fraction of sp³-hybridized carbons (Fsp3) is 0.200. The van der Waals surface area contributed by atoms with Gasteiger partial charge in [-0.15, -0.1) is 0 Å². The molecule has 1 N–H and O–H groups in total. The van der Waals surface area contributed by atoms with Gasteiger partial charge in [-0.1, -0.05) is 23.4 Å². The molecular weight excluding hydrogens is 361 g/mol. The number of pyridine rings is 1. The summed E-state index contributed by atoms with van der Waals surface area (Å²) in [5.41, 5.74) is 3.34. The first kappa shape index (κ1) is 16.6. The average Bonchev–Trinajstić information content (AvgIpc) is 3.12. The smallest absolute Gasteiger partial charge is 0.274 e. The Bertz CT molecular complexity index is 1200. The number of rotatable bonds is 4. The quantitative estimate of drug-likeness (QED) is 0.585. The number of hydrogen-bond acceptors (Lipinski definition) is 5. The van der Waals surface area contributed by atoms with Crippen LogP contribution in [0, 0.1) is 6.92 Å². The SMILES string of the molecule is Cc1ccc(-c2noc([C@H]3C[C@H]3F)n2)cc1NC(=O)c1cnc2ccccn12. The van der Waals surface area contributed by atoms with Crippen LogP contribution in [-0.2, 0) is 0 Å². The van der Waals surface area contributed by atoms with E-state index in [4.69, 9.17) is 4.52 Å². The van der Waals surface area contributed by atoms with E-state index in [1.54, 1.807) is 22.9 Å². The Labute approximate surface area is 159 Å². The molecule has 0 saturated heterocycles. The van der Waals surface area contributed by atoms with E-state index in [0.717, 1.165) is 5.56 Å². The van der Waals surface area contributed by atoms with Gasteiger partial charge in [0.15, 0.2) is 0 Å². The fourth-order valence-corrected chi connectivity index (χ4v) is 3.11. The molecule has 1 aliphatic carbocycles. The molecule has 140 valence electrons. The zero-order valence-electron chi connectivity index (χ0n) is 15.0. The minimum absolute atomic E-state index is 0.272. The minimum atomic E-state index is -0.897. The lowest BCUT2D eigenvalue weighted by molar-refractivity contribution is 0.102. The van der Waals surface area contributed by atoms with Crippen LogP contribution in [0.25, 0.3) is 17.0 Å². The van der Waals surface area contributed by atoms with Gasteiger partial charge >= 0.3 is 0 Å². The number of nitrogens with zero attached hydrogens (tertiary/aromatic N) is 4. The normalized spacial score (nSPS) is 18.4. The maximum absolute atomic E-state index is 13.2. The molecule has 4 aromatic rings. The van der Waals surface area contributed by atoms with E-state index in [-0.39, 0.29) is 11.8 Å². The van der Waals surface area contributed by atoms with Crippen LogP contribution >= 0.6 is 0 Å². The first-order chi connectivity index (χ1) is 13.6. The third-order valence-electron chi connectivity index (χ3n) is 4.87. The molecule has 0 bridgehead atoms. The van der Waals surface area contributed by atoms with Crippen LogP contribution in [-0.4, -0.2) is 31.6 Å². The van der Waals surface area contributed by atoms with Crippen LogP contribution in [0.4, 0.5) is 10.1 Å². The number of fused-ring (bicyclic) bond motifs is 1. The van der Waals surface area contributed by atoms with Crippen molar-refractivity contribution in [2.24, 2.45) is 0 Å². The number of aryl methyl sites for hydroxylation is 1. The molecule has 8 heteroatoms.